The van der Waals surface area contributed by atoms with E-state index < -0.39 is 5.25 Å². The molecule has 1 unspecified atom stereocenters. The van der Waals surface area contributed by atoms with Gasteiger partial charge in [0.2, 0.25) is 5.91 Å². The molecule has 2 N–H and O–H groups in total. The van der Waals surface area contributed by atoms with Crippen LogP contribution in [0.2, 0.25) is 0 Å². The topological polar surface area (TPSA) is 71.1 Å². The van der Waals surface area contributed by atoms with Gasteiger partial charge < -0.3 is 10.6 Å². The Kier molecular flexibility index (Phi) is 7.79. The molecule has 0 saturated heterocycles. The van der Waals surface area contributed by atoms with Crippen LogP contribution in [0.4, 0.5) is 10.8 Å². The van der Waals surface area contributed by atoms with Gasteiger partial charge in [0.15, 0.2) is 5.13 Å². The van der Waals surface area contributed by atoms with Crippen LogP contribution in [-0.4, -0.2) is 16.8 Å². The number of nitrogens with zero attached hydrogens (tertiary/aromatic N) is 1. The number of carbonyl (C=O) groups excluding carboxylic acids is 2. The number of carbonyl (C=O) groups is 2. The number of thiophene rings is 1. The van der Waals surface area contributed by atoms with Gasteiger partial charge in [0.05, 0.1) is 10.6 Å². The van der Waals surface area contributed by atoms with Gasteiger partial charge in [0.1, 0.15) is 5.25 Å². The number of thioether (sulfide) groups is 1. The number of amides is 2. The summed E-state index contributed by atoms with van der Waals surface area (Å²) in [5.74, 6) is -0.305. The van der Waals surface area contributed by atoms with Crippen molar-refractivity contribution in [3.05, 3.63) is 118 Å². The molecule has 8 heteroatoms. The highest BCUT2D eigenvalue weighted by atomic mass is 32.2. The monoisotopic (exact) mass is 541 g/mol. The zero-order valence-electron chi connectivity index (χ0n) is 19.9. The second-order valence-corrected chi connectivity index (χ2v) is 11.5. The Morgan fingerprint density at radius 2 is 1.62 bits per heavy atom. The van der Waals surface area contributed by atoms with Crippen LogP contribution in [-0.2, 0) is 4.79 Å². The molecule has 2 amide bonds. The fourth-order valence-electron chi connectivity index (χ4n) is 3.77. The number of hydrogen-bond donors (Lipinski definition) is 2. The molecule has 5 nitrogen and oxygen atoms in total. The van der Waals surface area contributed by atoms with Crippen molar-refractivity contribution in [3.63, 3.8) is 0 Å². The number of thiazole rings is 1. The number of nitrogens with one attached hydrogen (secondary N) is 2. The number of aryl methyl sites for hydroxylation is 1. The zero-order chi connectivity index (χ0) is 25.6. The highest BCUT2D eigenvalue weighted by Crippen LogP contribution is 2.38. The first-order valence-electron chi connectivity index (χ1n) is 11.6. The minimum Gasteiger partial charge on any atom is -0.321 e. The predicted octanol–water partition coefficient (Wildman–Crippen LogP) is 7.90. The molecule has 0 fully saturated rings. The van der Waals surface area contributed by atoms with Crippen molar-refractivity contribution in [1.82, 2.24) is 4.98 Å². The van der Waals surface area contributed by atoms with Crippen LogP contribution in [0, 0.1) is 6.92 Å². The van der Waals surface area contributed by atoms with Gasteiger partial charge in [0, 0.05) is 21.0 Å². The normalized spacial score (nSPS) is 11.6. The first kappa shape index (κ1) is 25.0. The Labute approximate surface area is 227 Å². The van der Waals surface area contributed by atoms with E-state index in [1.165, 1.54) is 34.4 Å². The SMILES string of the molecule is Cc1sc(NC(=O)C(Sc2cccc(NC(=O)c3cccs3)c2)c2ccccc2)nc1-c1ccccc1. The molecule has 0 aliphatic heterocycles. The second kappa shape index (κ2) is 11.6. The fraction of sp³-hybridized carbons (Fsp3) is 0.0690. The van der Waals surface area contributed by atoms with Gasteiger partial charge in [-0.25, -0.2) is 4.98 Å². The molecule has 2 heterocycles. The van der Waals surface area contributed by atoms with Crippen LogP contribution in [0.15, 0.2) is 107 Å². The molecule has 0 aliphatic rings. The Morgan fingerprint density at radius 1 is 0.865 bits per heavy atom. The molecular weight excluding hydrogens is 519 g/mol. The minimum absolute atomic E-state index is 0.150. The van der Waals surface area contributed by atoms with Gasteiger partial charge in [-0.1, -0.05) is 72.8 Å². The number of hydrogen-bond acceptors (Lipinski definition) is 6. The van der Waals surface area contributed by atoms with Crippen molar-refractivity contribution >= 4 is 57.1 Å². The molecule has 2 aromatic heterocycles. The molecule has 0 radical (unpaired) electrons. The molecule has 0 bridgehead atoms. The zero-order valence-corrected chi connectivity index (χ0v) is 22.3. The molecule has 5 rings (SSSR count). The van der Waals surface area contributed by atoms with Crippen LogP contribution >= 0.6 is 34.4 Å². The fourth-order valence-corrected chi connectivity index (χ4v) is 6.31. The lowest BCUT2D eigenvalue weighted by Gasteiger charge is -2.17. The van der Waals surface area contributed by atoms with Gasteiger partial charge in [-0.15, -0.1) is 34.4 Å². The van der Waals surface area contributed by atoms with Gasteiger partial charge in [-0.2, -0.15) is 0 Å². The van der Waals surface area contributed by atoms with Crippen molar-refractivity contribution in [2.45, 2.75) is 17.1 Å². The van der Waals surface area contributed by atoms with E-state index >= 15 is 0 Å². The van der Waals surface area contributed by atoms with Crippen LogP contribution in [0.3, 0.4) is 0 Å². The first-order chi connectivity index (χ1) is 18.1. The molecule has 37 heavy (non-hydrogen) atoms. The summed E-state index contributed by atoms with van der Waals surface area (Å²) in [6.07, 6.45) is 0. The summed E-state index contributed by atoms with van der Waals surface area (Å²) in [6, 6.07) is 30.8. The van der Waals surface area contributed by atoms with Gasteiger partial charge >= 0.3 is 0 Å². The van der Waals surface area contributed by atoms with E-state index in [9.17, 15) is 9.59 Å². The maximum atomic E-state index is 13.6. The van der Waals surface area contributed by atoms with Crippen molar-refractivity contribution in [1.29, 1.82) is 0 Å². The third-order valence-electron chi connectivity index (χ3n) is 5.51. The first-order valence-corrected chi connectivity index (χ1v) is 14.1. The summed E-state index contributed by atoms with van der Waals surface area (Å²) < 4.78 is 0. The minimum atomic E-state index is -0.506. The summed E-state index contributed by atoms with van der Waals surface area (Å²) in [4.78, 5) is 33.3. The number of aromatic nitrogens is 1. The highest BCUT2D eigenvalue weighted by molar-refractivity contribution is 8.00. The van der Waals surface area contributed by atoms with E-state index in [2.05, 4.69) is 10.6 Å². The smallest absolute Gasteiger partial charge is 0.265 e. The number of rotatable bonds is 8. The summed E-state index contributed by atoms with van der Waals surface area (Å²) >= 11 is 4.29. The molecule has 3 aromatic carbocycles. The highest BCUT2D eigenvalue weighted by Gasteiger charge is 2.24. The van der Waals surface area contributed by atoms with Gasteiger partial charge in [0.25, 0.3) is 5.91 Å². The molecule has 0 saturated carbocycles. The van der Waals surface area contributed by atoms with Gasteiger partial charge in [-0.05, 0) is 42.1 Å². The summed E-state index contributed by atoms with van der Waals surface area (Å²) in [5, 5.41) is 7.91. The maximum Gasteiger partial charge on any atom is 0.265 e. The number of anilines is 2. The summed E-state index contributed by atoms with van der Waals surface area (Å²) in [5.41, 5.74) is 3.46. The third kappa shape index (κ3) is 6.17. The third-order valence-corrected chi connectivity index (χ3v) is 8.51. The summed E-state index contributed by atoms with van der Waals surface area (Å²) in [6.45, 7) is 2.01. The van der Waals surface area contributed by atoms with Crippen molar-refractivity contribution in [2.75, 3.05) is 10.6 Å². The quantitative estimate of drug-likeness (QED) is 0.196. The Hall–Kier alpha value is -3.72. The molecule has 0 aliphatic carbocycles. The predicted molar refractivity (Wildman–Crippen MR) is 155 cm³/mol. The van der Waals surface area contributed by atoms with Crippen LogP contribution in [0.5, 0.6) is 0 Å². The molecule has 184 valence electrons. The Bertz CT molecular complexity index is 1500. The van der Waals surface area contributed by atoms with Gasteiger partial charge in [-0.3, -0.25) is 9.59 Å². The Balaban J connectivity index is 1.36. The molecule has 1 atom stereocenters. The lowest BCUT2D eigenvalue weighted by atomic mass is 10.1. The van der Waals surface area contributed by atoms with E-state index in [1.807, 2.05) is 103 Å². The van der Waals surface area contributed by atoms with E-state index in [0.717, 1.165) is 26.6 Å². The standard InChI is InChI=1S/C29H23N3O2S3/c1-19-25(20-10-4-2-5-11-20)31-29(36-19)32-28(34)26(21-12-6-3-7-13-21)37-23-15-8-14-22(18-23)30-27(33)24-16-9-17-35-24/h2-18,26H,1H3,(H,30,33)(H,31,32,34). The van der Waals surface area contributed by atoms with Crippen LogP contribution in [0.1, 0.15) is 25.4 Å². The Morgan fingerprint density at radius 3 is 2.35 bits per heavy atom. The largest absolute Gasteiger partial charge is 0.321 e. The lowest BCUT2D eigenvalue weighted by molar-refractivity contribution is -0.115. The van der Waals surface area contributed by atoms with E-state index in [1.54, 1.807) is 6.07 Å². The van der Waals surface area contributed by atoms with Crippen LogP contribution in [0.25, 0.3) is 11.3 Å². The average molecular weight is 542 g/mol. The van der Waals surface area contributed by atoms with E-state index in [0.29, 0.717) is 15.7 Å². The second-order valence-electron chi connectivity index (χ2n) is 8.15. The van der Waals surface area contributed by atoms with E-state index in [-0.39, 0.29) is 11.8 Å². The van der Waals surface area contributed by atoms with Crippen molar-refractivity contribution < 1.29 is 9.59 Å². The van der Waals surface area contributed by atoms with Crippen LogP contribution < -0.4 is 10.6 Å². The molecule has 5 aromatic rings. The van der Waals surface area contributed by atoms with Crippen molar-refractivity contribution in [3.8, 4) is 11.3 Å². The molecule has 0 spiro atoms. The van der Waals surface area contributed by atoms with E-state index in [4.69, 9.17) is 4.98 Å². The molecular formula is C29H23N3O2S3. The summed E-state index contributed by atoms with van der Waals surface area (Å²) in [7, 11) is 0. The number of benzene rings is 3. The lowest BCUT2D eigenvalue weighted by Crippen LogP contribution is -2.19. The van der Waals surface area contributed by atoms with Crippen molar-refractivity contribution in [2.24, 2.45) is 0 Å². The average Bonchev–Trinajstić information content (AvgIpc) is 3.59. The maximum absolute atomic E-state index is 13.6.